The molecule has 6 atom stereocenters. The summed E-state index contributed by atoms with van der Waals surface area (Å²) in [6.07, 6.45) is -3.45. The van der Waals surface area contributed by atoms with E-state index in [-0.39, 0.29) is 41.6 Å². The Labute approximate surface area is 251 Å². The molecule has 42 heavy (non-hydrogen) atoms. The predicted octanol–water partition coefficient (Wildman–Crippen LogP) is 8.35. The molecule has 4 unspecified atom stereocenters. The SMILES string of the molecule is [2H]C1([2H])CC2C3C(CCCCCCCCCS(=O)(=O)CCCC(F)(F)C(F)(F)F)Cc4cc(O)ccc4C3CC[C@]2(C)[C@@]1([2H])O. The molecule has 0 aromatic heterocycles. The molecule has 1 aromatic rings. The molecule has 10 heteroatoms. The quantitative estimate of drug-likeness (QED) is 0.161. The maximum atomic E-state index is 13.0. The predicted molar refractivity (Wildman–Crippen MR) is 153 cm³/mol. The Balaban J connectivity index is 1.23. The van der Waals surface area contributed by atoms with Gasteiger partial charge in [0.1, 0.15) is 15.6 Å². The van der Waals surface area contributed by atoms with E-state index < -0.39 is 58.4 Å². The first-order chi connectivity index (χ1) is 20.7. The number of halogens is 5. The average Bonchev–Trinajstić information content (AvgIpc) is 3.06. The van der Waals surface area contributed by atoms with Crippen molar-refractivity contribution in [1.29, 1.82) is 0 Å². The summed E-state index contributed by atoms with van der Waals surface area (Å²) in [5.41, 5.74) is 1.47. The number of hydrogen-bond donors (Lipinski definition) is 2. The van der Waals surface area contributed by atoms with E-state index in [4.69, 9.17) is 4.11 Å². The number of fused-ring (bicyclic) bond motifs is 5. The number of aromatic hydroxyl groups is 1. The Morgan fingerprint density at radius 2 is 1.64 bits per heavy atom. The molecule has 0 aliphatic heterocycles. The van der Waals surface area contributed by atoms with Gasteiger partial charge in [0.25, 0.3) is 0 Å². The zero-order valence-electron chi connectivity index (χ0n) is 27.4. The summed E-state index contributed by atoms with van der Waals surface area (Å²) in [5.74, 6) is -5.13. The van der Waals surface area contributed by atoms with Crippen LogP contribution in [0.1, 0.15) is 118 Å². The third-order valence-electron chi connectivity index (χ3n) is 10.2. The van der Waals surface area contributed by atoms with Gasteiger partial charge in [0, 0.05) is 9.16 Å². The number of alkyl halides is 5. The minimum Gasteiger partial charge on any atom is -0.508 e. The van der Waals surface area contributed by atoms with Crippen LogP contribution in [0, 0.1) is 23.2 Å². The first-order valence-electron chi connectivity index (χ1n) is 16.9. The lowest BCUT2D eigenvalue weighted by atomic mass is 9.52. The maximum absolute atomic E-state index is 13.0. The summed E-state index contributed by atoms with van der Waals surface area (Å²) >= 11 is 0. The van der Waals surface area contributed by atoms with E-state index >= 15 is 0 Å². The van der Waals surface area contributed by atoms with Crippen LogP contribution in [0.15, 0.2) is 18.2 Å². The van der Waals surface area contributed by atoms with Crippen LogP contribution in [0.5, 0.6) is 5.75 Å². The van der Waals surface area contributed by atoms with Crippen molar-refractivity contribution in [2.45, 2.75) is 127 Å². The number of hydrogen-bond acceptors (Lipinski definition) is 4. The number of rotatable bonds is 14. The summed E-state index contributed by atoms with van der Waals surface area (Å²) in [7, 11) is -3.69. The molecule has 0 saturated heterocycles. The van der Waals surface area contributed by atoms with E-state index in [1.54, 1.807) is 6.07 Å². The second-order valence-electron chi connectivity index (χ2n) is 13.0. The van der Waals surface area contributed by atoms with Gasteiger partial charge in [-0.05, 0) is 104 Å². The van der Waals surface area contributed by atoms with Gasteiger partial charge in [0.05, 0.1) is 19.0 Å². The minimum absolute atomic E-state index is 0.127. The number of phenols is 1. The van der Waals surface area contributed by atoms with Crippen LogP contribution in [0.2, 0.25) is 0 Å². The van der Waals surface area contributed by atoms with E-state index in [2.05, 4.69) is 0 Å². The van der Waals surface area contributed by atoms with Crippen LogP contribution >= 0.6 is 0 Å². The van der Waals surface area contributed by atoms with Gasteiger partial charge < -0.3 is 10.2 Å². The van der Waals surface area contributed by atoms with Crippen LogP contribution < -0.4 is 0 Å². The van der Waals surface area contributed by atoms with Gasteiger partial charge in [0.2, 0.25) is 0 Å². The monoisotopic (exact) mass is 625 g/mol. The fourth-order valence-corrected chi connectivity index (χ4v) is 9.27. The van der Waals surface area contributed by atoms with Crippen molar-refractivity contribution in [3.05, 3.63) is 29.3 Å². The zero-order valence-corrected chi connectivity index (χ0v) is 25.2. The molecule has 0 amide bonds. The fourth-order valence-electron chi connectivity index (χ4n) is 7.84. The number of unbranched alkanes of at least 4 members (excludes halogenated alkanes) is 6. The number of sulfone groups is 1. The van der Waals surface area contributed by atoms with E-state index in [1.165, 1.54) is 5.56 Å². The second-order valence-corrected chi connectivity index (χ2v) is 15.3. The van der Waals surface area contributed by atoms with Crippen molar-refractivity contribution in [1.82, 2.24) is 0 Å². The number of phenolic OH excluding ortho intramolecular Hbond substituents is 1. The molecule has 3 aliphatic carbocycles. The molecular formula is C32H47F5O4S. The molecular weight excluding hydrogens is 575 g/mol. The van der Waals surface area contributed by atoms with Crippen LogP contribution in [0.25, 0.3) is 0 Å². The average molecular weight is 626 g/mol. The van der Waals surface area contributed by atoms with Gasteiger partial charge in [-0.1, -0.05) is 51.5 Å². The van der Waals surface area contributed by atoms with Crippen molar-refractivity contribution >= 4 is 9.84 Å². The Kier molecular flexibility index (Phi) is 9.27. The third kappa shape index (κ3) is 7.62. The maximum Gasteiger partial charge on any atom is 0.453 e. The molecule has 4 nitrogen and oxygen atoms in total. The number of aliphatic hydroxyl groups is 1. The van der Waals surface area contributed by atoms with Crippen molar-refractivity contribution in [2.75, 3.05) is 11.5 Å². The summed E-state index contributed by atoms with van der Waals surface area (Å²) in [5, 5.41) is 21.3. The molecule has 2 fully saturated rings. The smallest absolute Gasteiger partial charge is 0.453 e. The summed E-state index contributed by atoms with van der Waals surface area (Å²) in [6.45, 7) is 1.88. The highest BCUT2D eigenvalue weighted by molar-refractivity contribution is 7.91. The number of benzene rings is 1. The van der Waals surface area contributed by atoms with Crippen LogP contribution in [-0.4, -0.2) is 48.3 Å². The van der Waals surface area contributed by atoms with Crippen molar-refractivity contribution in [3.8, 4) is 5.75 Å². The van der Waals surface area contributed by atoms with Gasteiger partial charge in [-0.15, -0.1) is 0 Å². The van der Waals surface area contributed by atoms with Crippen LogP contribution in [0.4, 0.5) is 22.0 Å². The molecule has 240 valence electrons. The van der Waals surface area contributed by atoms with E-state index in [0.717, 1.165) is 56.9 Å². The first-order valence-corrected chi connectivity index (χ1v) is 17.2. The lowest BCUT2D eigenvalue weighted by Gasteiger charge is -2.53. The Hall–Kier alpha value is -1.42. The van der Waals surface area contributed by atoms with Crippen molar-refractivity contribution in [3.63, 3.8) is 0 Å². The lowest BCUT2D eigenvalue weighted by Crippen LogP contribution is -2.47. The molecule has 0 heterocycles. The molecule has 3 aliphatic rings. The van der Waals surface area contributed by atoms with Gasteiger partial charge in [-0.25, -0.2) is 8.42 Å². The molecule has 2 N–H and O–H groups in total. The normalized spacial score (nSPS) is 33.6. The fraction of sp³-hybridized carbons (Fsp3) is 0.812. The largest absolute Gasteiger partial charge is 0.508 e. The van der Waals surface area contributed by atoms with Crippen molar-refractivity contribution < 1.29 is 44.7 Å². The molecule has 2 saturated carbocycles. The molecule has 4 rings (SSSR count). The van der Waals surface area contributed by atoms with E-state index in [1.807, 2.05) is 19.1 Å². The molecule has 0 spiro atoms. The summed E-state index contributed by atoms with van der Waals surface area (Å²) in [6, 6.07) is 5.52. The summed E-state index contributed by atoms with van der Waals surface area (Å²) in [4.78, 5) is 0. The lowest BCUT2D eigenvalue weighted by molar-refractivity contribution is -0.284. The Morgan fingerprint density at radius 1 is 1.00 bits per heavy atom. The van der Waals surface area contributed by atoms with Gasteiger partial charge in [-0.3, -0.25) is 0 Å². The highest BCUT2D eigenvalue weighted by atomic mass is 32.2. The second kappa shape index (κ2) is 13.3. The third-order valence-corrected chi connectivity index (χ3v) is 12.0. The Bertz CT molecular complexity index is 1290. The van der Waals surface area contributed by atoms with Gasteiger partial charge in [0.15, 0.2) is 0 Å². The topological polar surface area (TPSA) is 74.6 Å². The van der Waals surface area contributed by atoms with Crippen LogP contribution in [0.3, 0.4) is 0 Å². The minimum atomic E-state index is -5.68. The molecule has 0 bridgehead atoms. The van der Waals surface area contributed by atoms with E-state index in [9.17, 15) is 40.6 Å². The first kappa shape index (κ1) is 29.3. The Morgan fingerprint density at radius 3 is 2.33 bits per heavy atom. The van der Waals surface area contributed by atoms with Crippen molar-refractivity contribution in [2.24, 2.45) is 23.2 Å². The van der Waals surface area contributed by atoms with Gasteiger partial charge in [-0.2, -0.15) is 22.0 Å². The standard InChI is InChI=1S/C32H47F5O4S/c1-30-17-15-26-25-12-11-24(38)21-23(25)20-22(29(26)27(30)13-14-28(30)39)10-7-5-3-2-4-6-8-18-42(40,41)19-9-16-31(33,34)32(35,36)37/h11-12,21-22,26-29,38-39H,2-10,13-20H2,1H3/t22?,26?,27?,28-,29?,30-/m0/s1/i14D2,28D. The van der Waals surface area contributed by atoms with E-state index in [0.29, 0.717) is 19.3 Å². The highest BCUT2D eigenvalue weighted by Crippen LogP contribution is 2.62. The van der Waals surface area contributed by atoms with Crippen LogP contribution in [-0.2, 0) is 16.3 Å². The highest BCUT2D eigenvalue weighted by Gasteiger charge is 2.57. The van der Waals surface area contributed by atoms with Gasteiger partial charge >= 0.3 is 12.1 Å². The zero-order chi connectivity index (χ0) is 33.5. The summed E-state index contributed by atoms with van der Waals surface area (Å²) < 4.78 is 113. The molecule has 1 aromatic carbocycles. The molecule has 0 radical (unpaired) electrons.